The lowest BCUT2D eigenvalue weighted by Crippen LogP contribution is -2.28. The molecule has 1 aromatic heterocycles. The highest BCUT2D eigenvalue weighted by Gasteiger charge is 2.13. The van der Waals surface area contributed by atoms with Gasteiger partial charge < -0.3 is 10.5 Å². The molecule has 0 aliphatic carbocycles. The third-order valence-electron chi connectivity index (χ3n) is 1.57. The van der Waals surface area contributed by atoms with Crippen molar-refractivity contribution in [1.82, 2.24) is 14.9 Å². The largest absolute Gasteiger partial charge is 0.370 e. The van der Waals surface area contributed by atoms with Crippen LogP contribution in [-0.4, -0.2) is 44.3 Å². The van der Waals surface area contributed by atoms with E-state index in [0.29, 0.717) is 0 Å². The van der Waals surface area contributed by atoms with Crippen molar-refractivity contribution in [3.63, 3.8) is 0 Å². The Morgan fingerprint density at radius 1 is 1.62 bits per heavy atom. The third kappa shape index (κ3) is 3.96. The van der Waals surface area contributed by atoms with Gasteiger partial charge in [0.1, 0.15) is 11.5 Å². The van der Waals surface area contributed by atoms with Crippen LogP contribution in [0.15, 0.2) is 17.3 Å². The maximum absolute atomic E-state index is 11.5. The van der Waals surface area contributed by atoms with Gasteiger partial charge in [0.05, 0.1) is 12.8 Å². The summed E-state index contributed by atoms with van der Waals surface area (Å²) >= 11 is 0. The molecule has 90 valence electrons. The number of ether oxygens (including phenoxy) is 1. The summed E-state index contributed by atoms with van der Waals surface area (Å²) in [4.78, 5) is 10.3. The fourth-order valence-electron chi connectivity index (χ4n) is 0.890. The Hall–Kier alpha value is -1.45. The summed E-state index contributed by atoms with van der Waals surface area (Å²) in [6, 6.07) is 0. The molecule has 0 aliphatic heterocycles. The lowest BCUT2D eigenvalue weighted by atomic mass is 10.6. The molecule has 1 aromatic rings. The smallest absolute Gasteiger partial charge is 0.243 e. The first kappa shape index (κ1) is 12.6. The average molecular weight is 248 g/mol. The van der Waals surface area contributed by atoms with Gasteiger partial charge in [0.2, 0.25) is 15.9 Å². The highest BCUT2D eigenvalue weighted by Crippen LogP contribution is 2.03. The molecule has 0 aliphatic rings. The number of hydrogen-bond donors (Lipinski definition) is 3. The maximum atomic E-state index is 11.5. The molecule has 1 amide bonds. The number of amides is 1. The zero-order chi connectivity index (χ0) is 12.0. The van der Waals surface area contributed by atoms with Crippen molar-refractivity contribution in [2.24, 2.45) is 5.73 Å². The van der Waals surface area contributed by atoms with E-state index in [0.717, 1.165) is 0 Å². The van der Waals surface area contributed by atoms with Crippen LogP contribution in [-0.2, 0) is 19.6 Å². The van der Waals surface area contributed by atoms with Crippen molar-refractivity contribution in [2.75, 3.05) is 19.8 Å². The van der Waals surface area contributed by atoms with E-state index >= 15 is 0 Å². The first-order chi connectivity index (χ1) is 7.52. The summed E-state index contributed by atoms with van der Waals surface area (Å²) in [5, 5.41) is 5.91. The van der Waals surface area contributed by atoms with Gasteiger partial charge >= 0.3 is 0 Å². The number of sulfonamides is 1. The number of carbonyl (C=O) groups is 1. The van der Waals surface area contributed by atoms with E-state index in [1.807, 2.05) is 0 Å². The second kappa shape index (κ2) is 5.58. The van der Waals surface area contributed by atoms with Crippen LogP contribution in [0.4, 0.5) is 0 Å². The molecule has 0 saturated carbocycles. The highest BCUT2D eigenvalue weighted by atomic mass is 32.2. The van der Waals surface area contributed by atoms with Crippen molar-refractivity contribution in [3.05, 3.63) is 12.4 Å². The van der Waals surface area contributed by atoms with E-state index in [9.17, 15) is 13.2 Å². The topological polar surface area (TPSA) is 127 Å². The number of primary amides is 1. The second-order valence-corrected chi connectivity index (χ2v) is 4.62. The number of H-pyrrole nitrogens is 1. The molecular weight excluding hydrogens is 236 g/mol. The quantitative estimate of drug-likeness (QED) is 0.490. The van der Waals surface area contributed by atoms with E-state index in [1.54, 1.807) is 0 Å². The van der Waals surface area contributed by atoms with Gasteiger partial charge in [-0.3, -0.25) is 9.89 Å². The van der Waals surface area contributed by atoms with Crippen molar-refractivity contribution >= 4 is 15.9 Å². The second-order valence-electron chi connectivity index (χ2n) is 2.85. The van der Waals surface area contributed by atoms with Gasteiger partial charge in [0.15, 0.2) is 0 Å². The van der Waals surface area contributed by atoms with E-state index < -0.39 is 15.9 Å². The van der Waals surface area contributed by atoms with Crippen molar-refractivity contribution in [2.45, 2.75) is 4.90 Å². The van der Waals surface area contributed by atoms with Crippen LogP contribution in [0.1, 0.15) is 0 Å². The van der Waals surface area contributed by atoms with E-state index in [2.05, 4.69) is 14.9 Å². The lowest BCUT2D eigenvalue weighted by Gasteiger charge is -2.04. The highest BCUT2D eigenvalue weighted by molar-refractivity contribution is 7.89. The van der Waals surface area contributed by atoms with Crippen LogP contribution in [0.2, 0.25) is 0 Å². The summed E-state index contributed by atoms with van der Waals surface area (Å²) in [5.41, 5.74) is 4.82. The number of aromatic amines is 1. The normalized spacial score (nSPS) is 11.5. The molecule has 4 N–H and O–H groups in total. The Labute approximate surface area is 92.2 Å². The minimum Gasteiger partial charge on any atom is -0.370 e. The van der Waals surface area contributed by atoms with E-state index in [1.165, 1.54) is 12.4 Å². The molecule has 1 heterocycles. The first-order valence-corrected chi connectivity index (χ1v) is 5.85. The van der Waals surface area contributed by atoms with Gasteiger partial charge in [-0.2, -0.15) is 5.10 Å². The Balaban J connectivity index is 2.30. The first-order valence-electron chi connectivity index (χ1n) is 4.37. The van der Waals surface area contributed by atoms with Gasteiger partial charge in [-0.25, -0.2) is 13.1 Å². The Bertz CT molecular complexity index is 427. The molecule has 0 radical (unpaired) electrons. The summed E-state index contributed by atoms with van der Waals surface area (Å²) < 4.78 is 30.0. The lowest BCUT2D eigenvalue weighted by molar-refractivity contribution is -0.122. The molecule has 0 spiro atoms. The minimum absolute atomic E-state index is 0.0439. The van der Waals surface area contributed by atoms with Crippen LogP contribution < -0.4 is 10.5 Å². The zero-order valence-corrected chi connectivity index (χ0v) is 9.16. The van der Waals surface area contributed by atoms with E-state index in [4.69, 9.17) is 10.5 Å². The predicted octanol–water partition coefficient (Wildman–Crippen LogP) is -1.81. The van der Waals surface area contributed by atoms with Gasteiger partial charge in [0, 0.05) is 12.7 Å². The third-order valence-corrected chi connectivity index (χ3v) is 2.99. The Morgan fingerprint density at radius 2 is 2.38 bits per heavy atom. The van der Waals surface area contributed by atoms with Crippen LogP contribution in [0.3, 0.4) is 0 Å². The molecule has 0 bridgehead atoms. The minimum atomic E-state index is -3.56. The fraction of sp³-hybridized carbons (Fsp3) is 0.429. The SMILES string of the molecule is NC(=O)COCCNS(=O)(=O)c1cn[nH]c1. The molecule has 0 fully saturated rings. The number of carbonyl (C=O) groups excluding carboxylic acids is 1. The van der Waals surface area contributed by atoms with Crippen LogP contribution in [0.25, 0.3) is 0 Å². The molecule has 0 unspecified atom stereocenters. The molecule has 16 heavy (non-hydrogen) atoms. The molecule has 0 saturated heterocycles. The van der Waals surface area contributed by atoms with Gasteiger partial charge in [-0.1, -0.05) is 0 Å². The van der Waals surface area contributed by atoms with Gasteiger partial charge in [-0.05, 0) is 0 Å². The summed E-state index contributed by atoms with van der Waals surface area (Å²) in [6.07, 6.45) is 2.44. The Morgan fingerprint density at radius 3 is 2.94 bits per heavy atom. The molecule has 0 aromatic carbocycles. The maximum Gasteiger partial charge on any atom is 0.243 e. The molecule has 1 rings (SSSR count). The summed E-state index contributed by atoms with van der Waals surface area (Å²) in [7, 11) is -3.56. The standard InChI is InChI=1S/C7H12N4O4S/c8-7(12)5-15-2-1-11-16(13,14)6-3-9-10-4-6/h3-4,11H,1-2,5H2,(H2,8,12)(H,9,10). The number of nitrogens with one attached hydrogen (secondary N) is 2. The monoisotopic (exact) mass is 248 g/mol. The average Bonchev–Trinajstić information content (AvgIpc) is 2.69. The van der Waals surface area contributed by atoms with Crippen molar-refractivity contribution in [3.8, 4) is 0 Å². The van der Waals surface area contributed by atoms with E-state index in [-0.39, 0.29) is 24.7 Å². The number of aromatic nitrogens is 2. The molecular formula is C7H12N4O4S. The Kier molecular flexibility index (Phi) is 4.40. The predicted molar refractivity (Wildman–Crippen MR) is 53.8 cm³/mol. The zero-order valence-electron chi connectivity index (χ0n) is 8.34. The van der Waals surface area contributed by atoms with Crippen LogP contribution in [0.5, 0.6) is 0 Å². The number of rotatable bonds is 7. The summed E-state index contributed by atoms with van der Waals surface area (Å²) in [6.45, 7) is -0.103. The summed E-state index contributed by atoms with van der Waals surface area (Å²) in [5.74, 6) is -0.599. The van der Waals surface area contributed by atoms with Gasteiger partial charge in [0.25, 0.3) is 0 Å². The number of hydrogen-bond acceptors (Lipinski definition) is 5. The van der Waals surface area contributed by atoms with Crippen molar-refractivity contribution < 1.29 is 17.9 Å². The molecule has 9 heteroatoms. The molecule has 8 nitrogen and oxygen atoms in total. The van der Waals surface area contributed by atoms with Crippen LogP contribution in [0, 0.1) is 0 Å². The fourth-order valence-corrected chi connectivity index (χ4v) is 1.81. The van der Waals surface area contributed by atoms with Crippen molar-refractivity contribution in [1.29, 1.82) is 0 Å². The number of nitrogens with zero attached hydrogens (tertiary/aromatic N) is 1. The van der Waals surface area contributed by atoms with Crippen LogP contribution >= 0.6 is 0 Å². The molecule has 0 atom stereocenters. The van der Waals surface area contributed by atoms with Gasteiger partial charge in [-0.15, -0.1) is 0 Å². The number of nitrogens with two attached hydrogens (primary N) is 1.